The Morgan fingerprint density at radius 3 is 2.65 bits per heavy atom. The van der Waals surface area contributed by atoms with Gasteiger partial charge < -0.3 is 4.74 Å². The van der Waals surface area contributed by atoms with Crippen LogP contribution in [0.1, 0.15) is 20.8 Å². The van der Waals surface area contributed by atoms with Crippen LogP contribution in [0.4, 0.5) is 0 Å². The summed E-state index contributed by atoms with van der Waals surface area (Å²) in [4.78, 5) is 12.0. The van der Waals surface area contributed by atoms with Crippen LogP contribution in [-0.4, -0.2) is 22.0 Å². The van der Waals surface area contributed by atoms with E-state index in [2.05, 4.69) is 5.10 Å². The molecular weight excluding hydrogens is 216 g/mol. The lowest BCUT2D eigenvalue weighted by Gasteiger charge is -2.19. The summed E-state index contributed by atoms with van der Waals surface area (Å²) in [6.45, 7) is 7.07. The molecular formula is C13H18N2O2. The normalized spacial score (nSPS) is 12.2. The second-order valence-corrected chi connectivity index (χ2v) is 5.08. The molecule has 0 bridgehead atoms. The van der Waals surface area contributed by atoms with Crippen LogP contribution in [0.2, 0.25) is 0 Å². The van der Waals surface area contributed by atoms with Crippen molar-refractivity contribution >= 4 is 10.9 Å². The summed E-state index contributed by atoms with van der Waals surface area (Å²) in [6.07, 6.45) is 0. The number of nitrogens with one attached hydrogen (secondary N) is 1. The third kappa shape index (κ3) is 2.77. The summed E-state index contributed by atoms with van der Waals surface area (Å²) in [5, 5.41) is 3.80. The molecule has 1 aromatic carbocycles. The van der Waals surface area contributed by atoms with E-state index >= 15 is 0 Å². The van der Waals surface area contributed by atoms with Gasteiger partial charge in [0.05, 0.1) is 29.7 Å². The van der Waals surface area contributed by atoms with E-state index in [0.29, 0.717) is 13.2 Å². The summed E-state index contributed by atoms with van der Waals surface area (Å²) >= 11 is 0. The fourth-order valence-corrected chi connectivity index (χ4v) is 1.71. The lowest BCUT2D eigenvalue weighted by atomic mass is 10.2. The molecule has 1 aromatic heterocycles. The van der Waals surface area contributed by atoms with Gasteiger partial charge in [-0.15, -0.1) is 0 Å². The van der Waals surface area contributed by atoms with Crippen molar-refractivity contribution < 1.29 is 4.74 Å². The van der Waals surface area contributed by atoms with Gasteiger partial charge in [0, 0.05) is 0 Å². The Kier molecular flexibility index (Phi) is 3.07. The number of aromatic amines is 1. The van der Waals surface area contributed by atoms with E-state index in [1.54, 1.807) is 4.68 Å². The summed E-state index contributed by atoms with van der Waals surface area (Å²) in [5.74, 6) is 0. The molecule has 0 unspecified atom stereocenters. The lowest BCUT2D eigenvalue weighted by Crippen LogP contribution is -2.25. The van der Waals surface area contributed by atoms with Crippen LogP contribution in [0.5, 0.6) is 0 Å². The molecule has 4 heteroatoms. The van der Waals surface area contributed by atoms with Crippen molar-refractivity contribution in [3.05, 3.63) is 34.6 Å². The van der Waals surface area contributed by atoms with Crippen LogP contribution in [0, 0.1) is 0 Å². The van der Waals surface area contributed by atoms with Crippen LogP contribution in [-0.2, 0) is 11.3 Å². The van der Waals surface area contributed by atoms with E-state index in [4.69, 9.17) is 4.74 Å². The first-order valence-electron chi connectivity index (χ1n) is 5.79. The van der Waals surface area contributed by atoms with Gasteiger partial charge in [0.1, 0.15) is 0 Å². The molecule has 2 rings (SSSR count). The number of hydrogen-bond donors (Lipinski definition) is 1. The number of fused-ring (bicyclic) bond motifs is 1. The van der Waals surface area contributed by atoms with Crippen LogP contribution in [0.25, 0.3) is 10.9 Å². The molecule has 2 aromatic rings. The second kappa shape index (κ2) is 4.37. The quantitative estimate of drug-likeness (QED) is 0.884. The molecule has 0 amide bonds. The van der Waals surface area contributed by atoms with E-state index in [-0.39, 0.29) is 11.2 Å². The molecule has 0 aliphatic heterocycles. The van der Waals surface area contributed by atoms with Crippen molar-refractivity contribution in [3.63, 3.8) is 0 Å². The summed E-state index contributed by atoms with van der Waals surface area (Å²) in [7, 11) is 0. The molecule has 0 saturated heterocycles. The van der Waals surface area contributed by atoms with Gasteiger partial charge in [-0.3, -0.25) is 9.89 Å². The summed E-state index contributed by atoms with van der Waals surface area (Å²) in [6, 6.07) is 7.51. The number of para-hydroxylation sites is 1. The Balaban J connectivity index is 2.14. The van der Waals surface area contributed by atoms with Crippen LogP contribution in [0.15, 0.2) is 29.1 Å². The minimum Gasteiger partial charge on any atom is -0.374 e. The smallest absolute Gasteiger partial charge is 0.274 e. The highest BCUT2D eigenvalue weighted by Crippen LogP contribution is 2.08. The molecule has 0 atom stereocenters. The van der Waals surface area contributed by atoms with E-state index in [0.717, 1.165) is 10.9 Å². The van der Waals surface area contributed by atoms with Gasteiger partial charge >= 0.3 is 0 Å². The largest absolute Gasteiger partial charge is 0.374 e. The fraction of sp³-hybridized carbons (Fsp3) is 0.462. The van der Waals surface area contributed by atoms with Crippen molar-refractivity contribution in [2.24, 2.45) is 0 Å². The van der Waals surface area contributed by atoms with E-state index < -0.39 is 0 Å². The van der Waals surface area contributed by atoms with Crippen LogP contribution >= 0.6 is 0 Å². The van der Waals surface area contributed by atoms with Gasteiger partial charge in [-0.05, 0) is 32.9 Å². The van der Waals surface area contributed by atoms with E-state index in [1.807, 2.05) is 45.0 Å². The average molecular weight is 234 g/mol. The maximum absolute atomic E-state index is 12.0. The van der Waals surface area contributed by atoms with Gasteiger partial charge in [0.25, 0.3) is 5.56 Å². The number of benzene rings is 1. The topological polar surface area (TPSA) is 47.0 Å². The third-order valence-corrected chi connectivity index (χ3v) is 2.51. The highest BCUT2D eigenvalue weighted by Gasteiger charge is 2.10. The Morgan fingerprint density at radius 1 is 1.29 bits per heavy atom. The molecule has 0 saturated carbocycles. The highest BCUT2D eigenvalue weighted by atomic mass is 16.5. The number of ether oxygens (including phenoxy) is 1. The van der Waals surface area contributed by atoms with Crippen LogP contribution in [0.3, 0.4) is 0 Å². The SMILES string of the molecule is CC(C)(C)OCCn1[nH]c2ccccc2c1=O. The first kappa shape index (κ1) is 11.9. The molecule has 0 aliphatic rings. The zero-order valence-corrected chi connectivity index (χ0v) is 10.5. The summed E-state index contributed by atoms with van der Waals surface area (Å²) < 4.78 is 7.20. The van der Waals surface area contributed by atoms with Gasteiger partial charge in [-0.2, -0.15) is 0 Å². The molecule has 0 aliphatic carbocycles. The minimum atomic E-state index is -0.171. The number of H-pyrrole nitrogens is 1. The van der Waals surface area contributed by atoms with Crippen molar-refractivity contribution in [2.75, 3.05) is 6.61 Å². The number of hydrogen-bond acceptors (Lipinski definition) is 2. The Labute approximate surface area is 100 Å². The molecule has 0 spiro atoms. The molecule has 1 N–H and O–H groups in total. The Morgan fingerprint density at radius 2 is 2.00 bits per heavy atom. The standard InChI is InChI=1S/C13H18N2O2/c1-13(2,3)17-9-8-15-12(16)10-6-4-5-7-11(10)14-15/h4-7,14H,8-9H2,1-3H3. The van der Waals surface area contributed by atoms with Crippen molar-refractivity contribution in [2.45, 2.75) is 32.9 Å². The van der Waals surface area contributed by atoms with Gasteiger partial charge in [-0.1, -0.05) is 12.1 Å². The first-order chi connectivity index (χ1) is 7.97. The summed E-state index contributed by atoms with van der Waals surface area (Å²) in [5.41, 5.74) is 0.710. The Hall–Kier alpha value is -1.55. The van der Waals surface area contributed by atoms with Gasteiger partial charge in [0.2, 0.25) is 0 Å². The van der Waals surface area contributed by atoms with Gasteiger partial charge in [0.15, 0.2) is 0 Å². The predicted molar refractivity (Wildman–Crippen MR) is 68.3 cm³/mol. The maximum atomic E-state index is 12.0. The molecule has 1 heterocycles. The fourth-order valence-electron chi connectivity index (χ4n) is 1.71. The van der Waals surface area contributed by atoms with Gasteiger partial charge in [-0.25, -0.2) is 4.68 Å². The lowest BCUT2D eigenvalue weighted by molar-refractivity contribution is -0.00811. The zero-order valence-electron chi connectivity index (χ0n) is 10.5. The first-order valence-corrected chi connectivity index (χ1v) is 5.79. The molecule has 4 nitrogen and oxygen atoms in total. The predicted octanol–water partition coefficient (Wildman–Crippen LogP) is 2.14. The highest BCUT2D eigenvalue weighted by molar-refractivity contribution is 5.77. The number of aromatic nitrogens is 2. The maximum Gasteiger partial charge on any atom is 0.274 e. The van der Waals surface area contributed by atoms with Crippen molar-refractivity contribution in [1.82, 2.24) is 9.78 Å². The zero-order chi connectivity index (χ0) is 12.5. The molecule has 0 fully saturated rings. The number of nitrogens with zero attached hydrogens (tertiary/aromatic N) is 1. The molecule has 17 heavy (non-hydrogen) atoms. The molecule has 0 radical (unpaired) electrons. The number of rotatable bonds is 3. The Bertz CT molecular complexity index is 561. The monoisotopic (exact) mass is 234 g/mol. The minimum absolute atomic E-state index is 0.0121. The average Bonchev–Trinajstić information content (AvgIpc) is 2.55. The van der Waals surface area contributed by atoms with Crippen molar-refractivity contribution in [3.8, 4) is 0 Å². The second-order valence-electron chi connectivity index (χ2n) is 5.08. The third-order valence-electron chi connectivity index (χ3n) is 2.51. The molecule has 92 valence electrons. The van der Waals surface area contributed by atoms with E-state index in [9.17, 15) is 4.79 Å². The van der Waals surface area contributed by atoms with Crippen LogP contribution < -0.4 is 5.56 Å². The van der Waals surface area contributed by atoms with Crippen molar-refractivity contribution in [1.29, 1.82) is 0 Å². The van der Waals surface area contributed by atoms with E-state index in [1.165, 1.54) is 0 Å².